The van der Waals surface area contributed by atoms with Crippen molar-refractivity contribution in [3.8, 4) is 0 Å². The monoisotopic (exact) mass is 371 g/mol. The quantitative estimate of drug-likeness (QED) is 0.568. The Bertz CT molecular complexity index is 578. The summed E-state index contributed by atoms with van der Waals surface area (Å²) in [6, 6.07) is 2.21. The molecule has 0 aliphatic carbocycles. The standard InChI is InChI=1S/C11H6Cl2F7NO/c12-6-1-4(21)2-7(13)5(6)3-22-11(19,20)9(15)8(14)10(16,17)18/h1-2H,3,21H2/b9-8+. The van der Waals surface area contributed by atoms with E-state index in [2.05, 4.69) is 4.74 Å². The Morgan fingerprint density at radius 1 is 1.00 bits per heavy atom. The van der Waals surface area contributed by atoms with Gasteiger partial charge in [-0.3, -0.25) is 0 Å². The van der Waals surface area contributed by atoms with Crippen molar-refractivity contribution in [2.45, 2.75) is 18.9 Å². The van der Waals surface area contributed by atoms with Gasteiger partial charge in [-0.1, -0.05) is 23.2 Å². The van der Waals surface area contributed by atoms with Crippen LogP contribution in [-0.4, -0.2) is 12.3 Å². The Balaban J connectivity index is 3.01. The molecule has 0 bridgehead atoms. The fraction of sp³-hybridized carbons (Fsp3) is 0.273. The van der Waals surface area contributed by atoms with Gasteiger partial charge in [0.1, 0.15) is 0 Å². The van der Waals surface area contributed by atoms with Crippen molar-refractivity contribution in [3.63, 3.8) is 0 Å². The molecule has 124 valence electrons. The van der Waals surface area contributed by atoms with Gasteiger partial charge < -0.3 is 10.5 Å². The van der Waals surface area contributed by atoms with E-state index in [1.54, 1.807) is 0 Å². The molecule has 0 saturated carbocycles. The minimum Gasteiger partial charge on any atom is -0.399 e. The van der Waals surface area contributed by atoms with Crippen molar-refractivity contribution >= 4 is 28.9 Å². The van der Waals surface area contributed by atoms with Gasteiger partial charge in [-0.2, -0.15) is 30.7 Å². The zero-order valence-electron chi connectivity index (χ0n) is 10.2. The topological polar surface area (TPSA) is 35.2 Å². The summed E-state index contributed by atoms with van der Waals surface area (Å²) in [6.45, 7) is -1.18. The second kappa shape index (κ2) is 6.51. The molecule has 0 unspecified atom stereocenters. The molecule has 0 aliphatic heterocycles. The van der Waals surface area contributed by atoms with Crippen LogP contribution in [0.5, 0.6) is 0 Å². The summed E-state index contributed by atoms with van der Waals surface area (Å²) >= 11 is 11.3. The second-order valence-corrected chi connectivity index (χ2v) is 4.71. The number of halogens is 9. The lowest BCUT2D eigenvalue weighted by molar-refractivity contribution is -0.233. The van der Waals surface area contributed by atoms with Crippen LogP contribution >= 0.6 is 23.2 Å². The molecule has 11 heteroatoms. The number of rotatable bonds is 4. The van der Waals surface area contributed by atoms with Gasteiger partial charge in [0.25, 0.3) is 0 Å². The van der Waals surface area contributed by atoms with Gasteiger partial charge in [-0.15, -0.1) is 0 Å². The molecule has 0 heterocycles. The number of nitrogens with two attached hydrogens (primary N) is 1. The third kappa shape index (κ3) is 4.40. The van der Waals surface area contributed by atoms with E-state index in [4.69, 9.17) is 28.9 Å². The number of hydrogen-bond donors (Lipinski definition) is 1. The van der Waals surface area contributed by atoms with Gasteiger partial charge >= 0.3 is 12.3 Å². The van der Waals surface area contributed by atoms with E-state index in [1.807, 2.05) is 0 Å². The molecule has 0 aromatic heterocycles. The third-order valence-corrected chi connectivity index (χ3v) is 2.93. The van der Waals surface area contributed by atoms with Gasteiger partial charge in [-0.05, 0) is 12.1 Å². The molecule has 2 N–H and O–H groups in total. The first-order chi connectivity index (χ1) is 9.86. The van der Waals surface area contributed by atoms with E-state index >= 15 is 0 Å². The normalized spacial score (nSPS) is 14.0. The number of allylic oxidation sites excluding steroid dienone is 1. The summed E-state index contributed by atoms with van der Waals surface area (Å²) in [5, 5.41) is -0.469. The summed E-state index contributed by atoms with van der Waals surface area (Å²) in [4.78, 5) is 0. The molecule has 2 nitrogen and oxygen atoms in total. The number of ether oxygens (including phenoxy) is 1. The van der Waals surface area contributed by atoms with Crippen LogP contribution in [0.1, 0.15) is 5.56 Å². The van der Waals surface area contributed by atoms with Crippen molar-refractivity contribution in [2.75, 3.05) is 5.73 Å². The molecule has 0 radical (unpaired) electrons. The maximum atomic E-state index is 13.1. The zero-order chi connectivity index (χ0) is 17.3. The first-order valence-corrected chi connectivity index (χ1v) is 6.00. The molecule has 0 fully saturated rings. The fourth-order valence-corrected chi connectivity index (χ4v) is 1.85. The van der Waals surface area contributed by atoms with Crippen LogP contribution in [0.25, 0.3) is 0 Å². The average Bonchev–Trinajstić information content (AvgIpc) is 2.34. The number of hydrogen-bond acceptors (Lipinski definition) is 2. The van der Waals surface area contributed by atoms with Crippen LogP contribution in [0.4, 0.5) is 36.4 Å². The van der Waals surface area contributed by atoms with Crippen LogP contribution in [0.3, 0.4) is 0 Å². The van der Waals surface area contributed by atoms with Crippen molar-refractivity contribution in [3.05, 3.63) is 39.4 Å². The van der Waals surface area contributed by atoms with E-state index < -0.39 is 30.5 Å². The Morgan fingerprint density at radius 2 is 1.45 bits per heavy atom. The Kier molecular flexibility index (Phi) is 5.58. The lowest BCUT2D eigenvalue weighted by Crippen LogP contribution is -2.25. The summed E-state index contributed by atoms with van der Waals surface area (Å²) in [7, 11) is 0. The highest BCUT2D eigenvalue weighted by Gasteiger charge is 2.48. The van der Waals surface area contributed by atoms with E-state index in [0.29, 0.717) is 0 Å². The maximum absolute atomic E-state index is 13.1. The van der Waals surface area contributed by atoms with Gasteiger partial charge in [0.05, 0.1) is 6.61 Å². The smallest absolute Gasteiger partial charge is 0.399 e. The van der Waals surface area contributed by atoms with Crippen LogP contribution in [0, 0.1) is 0 Å². The van der Waals surface area contributed by atoms with Gasteiger partial charge in [0, 0.05) is 21.3 Å². The van der Waals surface area contributed by atoms with Crippen LogP contribution in [-0.2, 0) is 11.3 Å². The van der Waals surface area contributed by atoms with E-state index in [-0.39, 0.29) is 21.3 Å². The minimum absolute atomic E-state index is 0.0831. The fourth-order valence-electron chi connectivity index (χ4n) is 1.24. The molecular formula is C11H6Cl2F7NO. The number of alkyl halides is 5. The highest BCUT2D eigenvalue weighted by molar-refractivity contribution is 6.36. The zero-order valence-corrected chi connectivity index (χ0v) is 11.8. The van der Waals surface area contributed by atoms with Crippen molar-refractivity contribution < 1.29 is 35.5 Å². The molecule has 0 aliphatic rings. The van der Waals surface area contributed by atoms with Gasteiger partial charge in [-0.25, -0.2) is 0 Å². The summed E-state index contributed by atoms with van der Waals surface area (Å²) in [5.41, 5.74) is 5.15. The third-order valence-electron chi connectivity index (χ3n) is 2.26. The van der Waals surface area contributed by atoms with Crippen molar-refractivity contribution in [1.29, 1.82) is 0 Å². The van der Waals surface area contributed by atoms with E-state index in [0.717, 1.165) is 12.1 Å². The van der Waals surface area contributed by atoms with Gasteiger partial charge in [0.15, 0.2) is 0 Å². The lowest BCUT2D eigenvalue weighted by atomic mass is 10.2. The number of anilines is 1. The molecule has 22 heavy (non-hydrogen) atoms. The number of nitrogen functional groups attached to an aromatic ring is 1. The SMILES string of the molecule is Nc1cc(Cl)c(COC(F)(F)/C(F)=C(\F)C(F)(F)F)c(Cl)c1. The summed E-state index contributed by atoms with van der Waals surface area (Å²) in [5.74, 6) is -6.99. The molecule has 1 aromatic carbocycles. The van der Waals surface area contributed by atoms with E-state index in [9.17, 15) is 30.7 Å². The Labute approximate surface area is 129 Å². The highest BCUT2D eigenvalue weighted by Crippen LogP contribution is 2.39. The van der Waals surface area contributed by atoms with Crippen LogP contribution in [0.15, 0.2) is 23.8 Å². The maximum Gasteiger partial charge on any atom is 0.445 e. The van der Waals surface area contributed by atoms with Crippen molar-refractivity contribution in [2.24, 2.45) is 0 Å². The largest absolute Gasteiger partial charge is 0.445 e. The van der Waals surface area contributed by atoms with E-state index in [1.165, 1.54) is 0 Å². The lowest BCUT2D eigenvalue weighted by Gasteiger charge is -2.17. The average molecular weight is 372 g/mol. The molecule has 0 atom stereocenters. The molecular weight excluding hydrogens is 366 g/mol. The second-order valence-electron chi connectivity index (χ2n) is 3.89. The minimum atomic E-state index is -5.91. The van der Waals surface area contributed by atoms with Crippen LogP contribution in [0.2, 0.25) is 10.0 Å². The first kappa shape index (κ1) is 18.9. The molecule has 1 rings (SSSR count). The van der Waals surface area contributed by atoms with Crippen molar-refractivity contribution in [1.82, 2.24) is 0 Å². The number of benzene rings is 1. The Morgan fingerprint density at radius 3 is 1.86 bits per heavy atom. The summed E-state index contributed by atoms with van der Waals surface area (Å²) < 4.78 is 90.8. The molecule has 1 aromatic rings. The molecule has 0 spiro atoms. The summed E-state index contributed by atoms with van der Waals surface area (Å²) in [6.07, 6.45) is -11.1. The highest BCUT2D eigenvalue weighted by atomic mass is 35.5. The Hall–Kier alpha value is -1.19. The predicted octanol–water partition coefficient (Wildman–Crippen LogP) is 5.40. The molecule has 0 saturated heterocycles. The predicted molar refractivity (Wildman–Crippen MR) is 65.9 cm³/mol. The van der Waals surface area contributed by atoms with Crippen LogP contribution < -0.4 is 5.73 Å². The molecule has 0 amide bonds. The van der Waals surface area contributed by atoms with Gasteiger partial charge in [0.2, 0.25) is 11.7 Å². The first-order valence-electron chi connectivity index (χ1n) is 5.24.